The van der Waals surface area contributed by atoms with E-state index in [9.17, 15) is 15.0 Å². The van der Waals surface area contributed by atoms with Crippen molar-refractivity contribution >= 4 is 24.7 Å². The number of carbonyl (C=O) groups excluding carboxylic acids is 1. The summed E-state index contributed by atoms with van der Waals surface area (Å²) in [5.74, 6) is -0.176. The van der Waals surface area contributed by atoms with Gasteiger partial charge < -0.3 is 24.1 Å². The molecule has 2 aliphatic rings. The SMILES string of the molecule is C/C=C/CC[C@@H]1C/C=C(\C)[C@@H](O)C(C)(C)[C@H](O)[C@@H](C)/C=C(\C)[C@@H]2C[C@H](O[Si](c3ccccc3)(c3ccccc3)C(C)(C)C)C/C(=C/C(=O)O1)O2. The molecule has 0 unspecified atom stereocenters. The molecule has 2 N–H and O–H groups in total. The monoisotopic (exact) mass is 700 g/mol. The number of allylic oxidation sites excluding steroid dienone is 2. The molecule has 1 saturated heterocycles. The van der Waals surface area contributed by atoms with E-state index < -0.39 is 31.9 Å². The normalized spacial score (nSPS) is 30.2. The molecule has 1 fully saturated rings. The lowest BCUT2D eigenvalue weighted by atomic mass is 9.73. The van der Waals surface area contributed by atoms with Crippen molar-refractivity contribution in [1.29, 1.82) is 0 Å². The number of cyclic esters (lactones) is 1. The first-order valence-electron chi connectivity index (χ1n) is 18.3. The molecule has 4 rings (SSSR count). The maximum absolute atomic E-state index is 13.6. The van der Waals surface area contributed by atoms with Gasteiger partial charge in [-0.3, -0.25) is 0 Å². The van der Waals surface area contributed by atoms with Gasteiger partial charge in [0.15, 0.2) is 0 Å². The van der Waals surface area contributed by atoms with E-state index in [1.54, 1.807) is 0 Å². The molecule has 0 aromatic heterocycles. The summed E-state index contributed by atoms with van der Waals surface area (Å²) in [7, 11) is -2.91. The van der Waals surface area contributed by atoms with Crippen LogP contribution in [0.25, 0.3) is 0 Å². The lowest BCUT2D eigenvalue weighted by molar-refractivity contribution is -0.143. The quantitative estimate of drug-likeness (QED) is 0.173. The Balaban J connectivity index is 1.81. The van der Waals surface area contributed by atoms with Crippen LogP contribution in [0.15, 0.2) is 108 Å². The fourth-order valence-electron chi connectivity index (χ4n) is 7.70. The summed E-state index contributed by atoms with van der Waals surface area (Å²) in [5.41, 5.74) is 0.863. The van der Waals surface area contributed by atoms with E-state index in [4.69, 9.17) is 13.9 Å². The highest BCUT2D eigenvalue weighted by molar-refractivity contribution is 6.99. The molecule has 7 heteroatoms. The average molecular weight is 701 g/mol. The molecule has 2 bridgehead atoms. The highest BCUT2D eigenvalue weighted by Crippen LogP contribution is 2.41. The van der Waals surface area contributed by atoms with Crippen LogP contribution < -0.4 is 10.4 Å². The van der Waals surface area contributed by atoms with Gasteiger partial charge in [-0.2, -0.15) is 0 Å². The van der Waals surface area contributed by atoms with Crippen LogP contribution in [0.4, 0.5) is 0 Å². The number of aliphatic hydroxyl groups is 2. The largest absolute Gasteiger partial charge is 0.490 e. The number of rotatable bonds is 7. The molecule has 6 atom stereocenters. The number of ether oxygens (including phenoxy) is 2. The number of esters is 1. The first kappa shape index (κ1) is 39.6. The van der Waals surface area contributed by atoms with Crippen LogP contribution in [0.1, 0.15) is 94.4 Å². The summed E-state index contributed by atoms with van der Waals surface area (Å²) in [5, 5.41) is 25.3. The summed E-state index contributed by atoms with van der Waals surface area (Å²) < 4.78 is 20.2. The summed E-state index contributed by atoms with van der Waals surface area (Å²) in [4.78, 5) is 13.6. The minimum Gasteiger partial charge on any atom is -0.490 e. The van der Waals surface area contributed by atoms with E-state index in [0.717, 1.165) is 17.6 Å². The van der Waals surface area contributed by atoms with Crippen LogP contribution in [-0.4, -0.2) is 55.0 Å². The van der Waals surface area contributed by atoms with Crippen molar-refractivity contribution in [1.82, 2.24) is 0 Å². The molecule has 0 radical (unpaired) electrons. The second kappa shape index (κ2) is 16.9. The Morgan fingerprint density at radius 2 is 1.56 bits per heavy atom. The van der Waals surface area contributed by atoms with Crippen molar-refractivity contribution in [2.75, 3.05) is 0 Å². The van der Waals surface area contributed by atoms with Crippen LogP contribution in [0.3, 0.4) is 0 Å². The summed E-state index contributed by atoms with van der Waals surface area (Å²) in [6, 6.07) is 21.2. The van der Waals surface area contributed by atoms with Crippen molar-refractivity contribution in [3.63, 3.8) is 0 Å². The van der Waals surface area contributed by atoms with E-state index in [0.29, 0.717) is 31.4 Å². The molecule has 50 heavy (non-hydrogen) atoms. The Morgan fingerprint density at radius 1 is 0.960 bits per heavy atom. The van der Waals surface area contributed by atoms with Gasteiger partial charge in [0.25, 0.3) is 8.32 Å². The van der Waals surface area contributed by atoms with E-state index in [2.05, 4.69) is 75.4 Å². The zero-order valence-electron chi connectivity index (χ0n) is 31.7. The Hall–Kier alpha value is -3.23. The van der Waals surface area contributed by atoms with Gasteiger partial charge in [-0.1, -0.05) is 127 Å². The van der Waals surface area contributed by atoms with Crippen LogP contribution >= 0.6 is 0 Å². The molecule has 2 aromatic carbocycles. The molecule has 2 heterocycles. The van der Waals surface area contributed by atoms with Gasteiger partial charge in [-0.15, -0.1) is 0 Å². The Labute approximate surface area is 302 Å². The topological polar surface area (TPSA) is 85.2 Å². The molecule has 0 aliphatic carbocycles. The van der Waals surface area contributed by atoms with Crippen LogP contribution in [0, 0.1) is 11.3 Å². The van der Waals surface area contributed by atoms with Gasteiger partial charge >= 0.3 is 5.97 Å². The van der Waals surface area contributed by atoms with E-state index in [1.807, 2.05) is 71.9 Å². The van der Waals surface area contributed by atoms with Crippen LogP contribution in [0.5, 0.6) is 0 Å². The van der Waals surface area contributed by atoms with E-state index >= 15 is 0 Å². The third-order valence-electron chi connectivity index (χ3n) is 10.5. The maximum Gasteiger partial charge on any atom is 0.334 e. The third-order valence-corrected chi connectivity index (χ3v) is 15.6. The van der Waals surface area contributed by atoms with E-state index in [-0.39, 0.29) is 29.3 Å². The number of fused-ring (bicyclic) bond motifs is 2. The van der Waals surface area contributed by atoms with Gasteiger partial charge in [0.05, 0.1) is 24.4 Å². The van der Waals surface area contributed by atoms with Crippen molar-refractivity contribution in [2.45, 2.75) is 130 Å². The Morgan fingerprint density at radius 3 is 2.12 bits per heavy atom. The molecule has 0 saturated carbocycles. The van der Waals surface area contributed by atoms with Crippen LogP contribution in [-0.2, 0) is 18.7 Å². The van der Waals surface area contributed by atoms with E-state index in [1.165, 1.54) is 16.4 Å². The third kappa shape index (κ3) is 9.16. The second-order valence-corrected chi connectivity index (χ2v) is 20.1. The molecule has 0 amide bonds. The standard InChI is InChI=1S/C43H60O6Si/c1-10-11-14-19-33-25-24-30(2)40(45)43(8,9)41(46)32(4)26-31(3)38-28-35(27-34(47-38)29-39(44)48-33)49-50(42(5,6)7,36-20-15-12-16-21-36)37-22-17-13-18-23-37/h10-13,15-18,20-24,26,29,32-33,35,38,40-41,45-46H,14,19,25,27-28H2,1-9H3/b11-10+,30-24+,31-26+,34-29-/t32-,33+,35+,38-,40+,41+/m0/s1. The molecule has 2 aromatic rings. The lowest BCUT2D eigenvalue weighted by Crippen LogP contribution is -2.68. The highest BCUT2D eigenvalue weighted by Gasteiger charge is 2.52. The molecule has 6 nitrogen and oxygen atoms in total. The number of carbonyl (C=O) groups is 1. The highest BCUT2D eigenvalue weighted by atomic mass is 28.4. The predicted molar refractivity (Wildman–Crippen MR) is 206 cm³/mol. The first-order chi connectivity index (χ1) is 23.6. The van der Waals surface area contributed by atoms with Gasteiger partial charge in [0.2, 0.25) is 0 Å². The minimum absolute atomic E-state index is 0.220. The van der Waals surface area contributed by atoms with Gasteiger partial charge in [0.1, 0.15) is 18.0 Å². The zero-order valence-corrected chi connectivity index (χ0v) is 32.7. The molecule has 2 aliphatic heterocycles. The van der Waals surface area contributed by atoms with Gasteiger partial charge in [-0.05, 0) is 60.2 Å². The number of hydrogen-bond acceptors (Lipinski definition) is 6. The smallest absolute Gasteiger partial charge is 0.334 e. The van der Waals surface area contributed by atoms with Crippen molar-refractivity contribution in [3.8, 4) is 0 Å². The second-order valence-electron chi connectivity index (χ2n) is 15.9. The first-order valence-corrected chi connectivity index (χ1v) is 20.2. The summed E-state index contributed by atoms with van der Waals surface area (Å²) >= 11 is 0. The minimum atomic E-state index is -2.91. The fraction of sp³-hybridized carbons (Fsp3) is 0.512. The van der Waals surface area contributed by atoms with Gasteiger partial charge in [0, 0.05) is 30.6 Å². The number of aliphatic hydroxyl groups excluding tert-OH is 2. The van der Waals surface area contributed by atoms with Crippen molar-refractivity contribution in [3.05, 3.63) is 108 Å². The summed E-state index contributed by atoms with van der Waals surface area (Å²) in [6.07, 6.45) is 9.71. The number of benzene rings is 2. The molecule has 272 valence electrons. The van der Waals surface area contributed by atoms with Crippen molar-refractivity contribution in [2.24, 2.45) is 11.3 Å². The van der Waals surface area contributed by atoms with Gasteiger partial charge in [-0.25, -0.2) is 4.79 Å². The Kier molecular flexibility index (Phi) is 13.3. The molecule has 0 spiro atoms. The molecular formula is C43H60O6Si. The Bertz CT molecular complexity index is 1490. The zero-order chi connectivity index (χ0) is 36.7. The van der Waals surface area contributed by atoms with Crippen molar-refractivity contribution < 1.29 is 28.9 Å². The predicted octanol–water partition coefficient (Wildman–Crippen LogP) is 7.94. The average Bonchev–Trinajstić information content (AvgIpc) is 3.08. The maximum atomic E-state index is 13.6. The lowest BCUT2D eigenvalue weighted by Gasteiger charge is -2.47. The fourth-order valence-corrected chi connectivity index (χ4v) is 12.4. The van der Waals surface area contributed by atoms with Crippen LogP contribution in [0.2, 0.25) is 5.04 Å². The number of hydrogen-bond donors (Lipinski definition) is 2. The molecular weight excluding hydrogens is 641 g/mol. The summed E-state index contributed by atoms with van der Waals surface area (Å²) in [6.45, 7) is 18.5.